The highest BCUT2D eigenvalue weighted by Crippen LogP contribution is 2.43. The van der Waals surface area contributed by atoms with Crippen LogP contribution in [0.25, 0.3) is 10.7 Å². The molecule has 0 saturated carbocycles. The van der Waals surface area contributed by atoms with E-state index in [1.54, 1.807) is 22.7 Å². The quantitative estimate of drug-likeness (QED) is 0.721. The predicted molar refractivity (Wildman–Crippen MR) is 89.4 cm³/mol. The van der Waals surface area contributed by atoms with Gasteiger partial charge in [-0.25, -0.2) is 0 Å². The van der Waals surface area contributed by atoms with Gasteiger partial charge in [-0.2, -0.15) is 4.98 Å². The molecule has 118 valence electrons. The highest BCUT2D eigenvalue weighted by atomic mass is 32.1. The largest absolute Gasteiger partial charge is 0.339 e. The van der Waals surface area contributed by atoms with Gasteiger partial charge in [-0.1, -0.05) is 17.3 Å². The molecule has 1 saturated heterocycles. The van der Waals surface area contributed by atoms with E-state index in [4.69, 9.17) is 4.52 Å². The Bertz CT molecular complexity index is 795. The van der Waals surface area contributed by atoms with Gasteiger partial charge in [0.1, 0.15) is 0 Å². The van der Waals surface area contributed by atoms with Crippen LogP contribution in [0.3, 0.4) is 0 Å². The lowest BCUT2D eigenvalue weighted by molar-refractivity contribution is -0.135. The lowest BCUT2D eigenvalue weighted by Gasteiger charge is -2.36. The Morgan fingerprint density at radius 1 is 1.26 bits per heavy atom. The first kappa shape index (κ1) is 14.6. The molecule has 3 aromatic heterocycles. The molecule has 0 N–H and O–H groups in total. The smallest absolute Gasteiger partial charge is 0.232 e. The van der Waals surface area contributed by atoms with Gasteiger partial charge in [-0.15, -0.1) is 22.7 Å². The summed E-state index contributed by atoms with van der Waals surface area (Å²) in [6.45, 7) is 0. The summed E-state index contributed by atoms with van der Waals surface area (Å²) in [4.78, 5) is 20.7. The van der Waals surface area contributed by atoms with Gasteiger partial charge in [0.15, 0.2) is 0 Å². The summed E-state index contributed by atoms with van der Waals surface area (Å²) in [6, 6.07) is 7.99. The van der Waals surface area contributed by atoms with Gasteiger partial charge in [0, 0.05) is 18.3 Å². The fourth-order valence-corrected chi connectivity index (χ4v) is 4.62. The molecular formula is C16H15N3O2S2. The van der Waals surface area contributed by atoms with E-state index in [-0.39, 0.29) is 17.9 Å². The molecule has 4 rings (SSSR count). The van der Waals surface area contributed by atoms with Crippen LogP contribution in [0.15, 0.2) is 39.5 Å². The highest BCUT2D eigenvalue weighted by molar-refractivity contribution is 7.13. The number of aromatic nitrogens is 2. The zero-order chi connectivity index (χ0) is 15.8. The van der Waals surface area contributed by atoms with Crippen molar-refractivity contribution in [3.8, 4) is 10.7 Å². The van der Waals surface area contributed by atoms with Crippen LogP contribution in [-0.4, -0.2) is 28.0 Å². The van der Waals surface area contributed by atoms with Crippen LogP contribution in [0.1, 0.15) is 35.6 Å². The molecular weight excluding hydrogens is 330 g/mol. The molecule has 7 heteroatoms. The molecule has 1 fully saturated rings. The maximum Gasteiger partial charge on any atom is 0.232 e. The van der Waals surface area contributed by atoms with Crippen LogP contribution in [0, 0.1) is 0 Å². The van der Waals surface area contributed by atoms with E-state index in [1.165, 1.54) is 0 Å². The van der Waals surface area contributed by atoms with Crippen molar-refractivity contribution < 1.29 is 9.32 Å². The average Bonchev–Trinajstić information content (AvgIpc) is 3.31. The third kappa shape index (κ3) is 2.60. The summed E-state index contributed by atoms with van der Waals surface area (Å²) in [5.41, 5.74) is 0. The van der Waals surface area contributed by atoms with Crippen molar-refractivity contribution in [2.75, 3.05) is 7.05 Å². The van der Waals surface area contributed by atoms with Crippen LogP contribution in [0.4, 0.5) is 0 Å². The minimum atomic E-state index is -0.0344. The van der Waals surface area contributed by atoms with Crippen molar-refractivity contribution >= 4 is 28.6 Å². The molecule has 0 aliphatic carbocycles. The maximum absolute atomic E-state index is 12.1. The minimum absolute atomic E-state index is 0.0344. The van der Waals surface area contributed by atoms with Gasteiger partial charge in [0.2, 0.25) is 17.6 Å². The molecule has 1 amide bonds. The normalized spacial score (nSPS) is 21.8. The number of thiophene rings is 2. The van der Waals surface area contributed by atoms with E-state index < -0.39 is 0 Å². The van der Waals surface area contributed by atoms with E-state index in [2.05, 4.69) is 16.2 Å². The number of carbonyl (C=O) groups is 1. The number of piperidine rings is 1. The third-order valence-electron chi connectivity index (χ3n) is 4.20. The SMILES string of the molecule is CN1C(=O)CCC(c2nc(-c3cccs3)no2)C1c1cccs1. The van der Waals surface area contributed by atoms with E-state index in [1.807, 2.05) is 40.9 Å². The highest BCUT2D eigenvalue weighted by Gasteiger charge is 2.39. The van der Waals surface area contributed by atoms with Gasteiger partial charge >= 0.3 is 0 Å². The van der Waals surface area contributed by atoms with Crippen LogP contribution < -0.4 is 0 Å². The number of nitrogens with zero attached hydrogens (tertiary/aromatic N) is 3. The van der Waals surface area contributed by atoms with Crippen LogP contribution in [0.5, 0.6) is 0 Å². The summed E-state index contributed by atoms with van der Waals surface area (Å²) in [5.74, 6) is 1.45. The molecule has 4 heterocycles. The number of rotatable bonds is 3. The number of likely N-dealkylation sites (N-methyl/N-ethyl adjacent to an activating group) is 1. The monoisotopic (exact) mass is 345 g/mol. The number of likely N-dealkylation sites (tertiary alicyclic amines) is 1. The Kier molecular flexibility index (Phi) is 3.74. The number of hydrogen-bond acceptors (Lipinski definition) is 6. The molecule has 23 heavy (non-hydrogen) atoms. The molecule has 0 aromatic carbocycles. The Hall–Kier alpha value is -1.99. The number of carbonyl (C=O) groups excluding carboxylic acids is 1. The molecule has 0 bridgehead atoms. The Morgan fingerprint density at radius 3 is 2.83 bits per heavy atom. The van der Waals surface area contributed by atoms with E-state index in [9.17, 15) is 4.79 Å². The summed E-state index contributed by atoms with van der Waals surface area (Å²) >= 11 is 3.24. The standard InChI is InChI=1S/C16H15N3O2S2/c1-19-13(20)7-6-10(14(19)11-4-2-8-22-11)16-17-15(18-21-16)12-5-3-9-23-12/h2-5,8-10,14H,6-7H2,1H3. The zero-order valence-corrected chi connectivity index (χ0v) is 14.1. The van der Waals surface area contributed by atoms with Crippen molar-refractivity contribution in [3.05, 3.63) is 45.8 Å². The van der Waals surface area contributed by atoms with Crippen molar-refractivity contribution in [1.82, 2.24) is 15.0 Å². The van der Waals surface area contributed by atoms with Gasteiger partial charge < -0.3 is 9.42 Å². The van der Waals surface area contributed by atoms with Gasteiger partial charge in [0.05, 0.1) is 16.8 Å². The van der Waals surface area contributed by atoms with Crippen molar-refractivity contribution in [3.63, 3.8) is 0 Å². The van der Waals surface area contributed by atoms with Crippen molar-refractivity contribution in [2.45, 2.75) is 24.8 Å². The summed E-state index contributed by atoms with van der Waals surface area (Å²) < 4.78 is 5.55. The Balaban J connectivity index is 1.70. The molecule has 2 atom stereocenters. The van der Waals surface area contributed by atoms with Crippen LogP contribution in [0.2, 0.25) is 0 Å². The van der Waals surface area contributed by atoms with E-state index in [0.717, 1.165) is 16.2 Å². The molecule has 0 radical (unpaired) electrons. The van der Waals surface area contributed by atoms with E-state index >= 15 is 0 Å². The van der Waals surface area contributed by atoms with Crippen molar-refractivity contribution in [2.24, 2.45) is 0 Å². The van der Waals surface area contributed by atoms with Gasteiger partial charge in [-0.05, 0) is 29.3 Å². The van der Waals surface area contributed by atoms with Crippen molar-refractivity contribution in [1.29, 1.82) is 0 Å². The third-order valence-corrected chi connectivity index (χ3v) is 6.00. The topological polar surface area (TPSA) is 59.2 Å². The molecule has 3 aromatic rings. The number of amides is 1. The first-order valence-corrected chi connectivity index (χ1v) is 9.16. The second-order valence-electron chi connectivity index (χ2n) is 5.54. The lowest BCUT2D eigenvalue weighted by Crippen LogP contribution is -2.38. The fraction of sp³-hybridized carbons (Fsp3) is 0.312. The zero-order valence-electron chi connectivity index (χ0n) is 12.5. The molecule has 2 unspecified atom stereocenters. The second-order valence-corrected chi connectivity index (χ2v) is 7.47. The van der Waals surface area contributed by atoms with Gasteiger partial charge in [-0.3, -0.25) is 4.79 Å². The molecule has 0 spiro atoms. The predicted octanol–water partition coefficient (Wildman–Crippen LogP) is 3.94. The van der Waals surface area contributed by atoms with E-state index in [0.29, 0.717) is 18.1 Å². The molecule has 5 nitrogen and oxygen atoms in total. The van der Waals surface area contributed by atoms with Gasteiger partial charge in [0.25, 0.3) is 0 Å². The van der Waals surface area contributed by atoms with Crippen LogP contribution in [-0.2, 0) is 4.79 Å². The Morgan fingerprint density at radius 2 is 2.09 bits per heavy atom. The second kappa shape index (κ2) is 5.90. The Labute approximate surface area is 141 Å². The first-order valence-electron chi connectivity index (χ1n) is 7.40. The minimum Gasteiger partial charge on any atom is -0.339 e. The summed E-state index contributed by atoms with van der Waals surface area (Å²) in [6.07, 6.45) is 1.25. The molecule has 1 aliphatic heterocycles. The maximum atomic E-state index is 12.1. The first-order chi connectivity index (χ1) is 11.2. The molecule has 1 aliphatic rings. The lowest BCUT2D eigenvalue weighted by atomic mass is 9.88. The summed E-state index contributed by atoms with van der Waals surface area (Å²) in [7, 11) is 1.86. The van der Waals surface area contributed by atoms with Crippen LogP contribution >= 0.6 is 22.7 Å². The average molecular weight is 345 g/mol. The summed E-state index contributed by atoms with van der Waals surface area (Å²) in [5, 5.41) is 8.14. The fourth-order valence-electron chi connectivity index (χ4n) is 3.04. The number of hydrogen-bond donors (Lipinski definition) is 0.